The summed E-state index contributed by atoms with van der Waals surface area (Å²) in [5.74, 6) is -2.08. The van der Waals surface area contributed by atoms with Gasteiger partial charge in [0.1, 0.15) is 0 Å². The third-order valence-corrected chi connectivity index (χ3v) is 4.45. The van der Waals surface area contributed by atoms with Crippen LogP contribution in [0.5, 0.6) is 0 Å². The van der Waals surface area contributed by atoms with E-state index in [4.69, 9.17) is 10.2 Å². The number of benzene rings is 1. The molecule has 0 unspecified atom stereocenters. The van der Waals surface area contributed by atoms with E-state index < -0.39 is 23.7 Å². The molecular weight excluding hydrogens is 401 g/mol. The van der Waals surface area contributed by atoms with Crippen molar-refractivity contribution in [3.63, 3.8) is 0 Å². The largest absolute Gasteiger partial charge is 0.478 e. The molecule has 168 valence electrons. The molecule has 30 heavy (non-hydrogen) atoms. The summed E-state index contributed by atoms with van der Waals surface area (Å²) in [4.78, 5) is 21.3. The van der Waals surface area contributed by atoms with Crippen LogP contribution in [0.15, 0.2) is 36.4 Å². The number of piperidine rings is 1. The van der Waals surface area contributed by atoms with Gasteiger partial charge in [0.25, 0.3) is 0 Å². The van der Waals surface area contributed by atoms with Crippen molar-refractivity contribution in [2.75, 3.05) is 19.6 Å². The molecule has 0 aliphatic carbocycles. The van der Waals surface area contributed by atoms with Crippen molar-refractivity contribution in [1.82, 2.24) is 10.2 Å². The van der Waals surface area contributed by atoms with E-state index in [1.807, 2.05) is 0 Å². The Hall–Kier alpha value is -2.39. The summed E-state index contributed by atoms with van der Waals surface area (Å²) in [6.45, 7) is 7.27. The lowest BCUT2D eigenvalue weighted by Crippen LogP contribution is -2.47. The molecule has 0 radical (unpaired) electrons. The van der Waals surface area contributed by atoms with Crippen LogP contribution in [-0.4, -0.2) is 52.7 Å². The molecule has 0 aromatic heterocycles. The molecule has 9 heteroatoms. The van der Waals surface area contributed by atoms with Gasteiger partial charge in [-0.15, -0.1) is 0 Å². The van der Waals surface area contributed by atoms with Crippen molar-refractivity contribution in [3.05, 3.63) is 47.5 Å². The molecule has 6 nitrogen and oxygen atoms in total. The molecule has 1 aromatic rings. The summed E-state index contributed by atoms with van der Waals surface area (Å²) < 4.78 is 39.5. The molecule has 1 saturated heterocycles. The van der Waals surface area contributed by atoms with E-state index in [9.17, 15) is 22.8 Å². The van der Waals surface area contributed by atoms with Crippen LogP contribution in [-0.2, 0) is 22.3 Å². The van der Waals surface area contributed by atoms with Crippen molar-refractivity contribution < 1.29 is 33.0 Å². The Labute approximate surface area is 174 Å². The van der Waals surface area contributed by atoms with Gasteiger partial charge in [0.05, 0.1) is 5.56 Å². The predicted octanol–water partition coefficient (Wildman–Crippen LogP) is 3.63. The Bertz CT molecular complexity index is 698. The van der Waals surface area contributed by atoms with Gasteiger partial charge in [0.2, 0.25) is 0 Å². The number of nitrogens with one attached hydrogen (secondary N) is 1. The van der Waals surface area contributed by atoms with Gasteiger partial charge in [-0.2, -0.15) is 13.2 Å². The zero-order chi connectivity index (χ0) is 22.7. The normalized spacial score (nSPS) is 17.1. The average molecular weight is 430 g/mol. The standard InChI is InChI=1S/C17H25F3N2.C4H4O4/c1-13(2)11-22(15-7-5-9-21-10-15)12-14-6-3-4-8-16(14)17(18,19)20;5-3(6)1-2-4(7)8/h3-4,6,8,13,15,21H,5,7,9-12H2,1-2H3;1-2H,(H,5,6)(H,7,8)/b;2-1+/t15-;/m1./s1. The van der Waals surface area contributed by atoms with Crippen LogP contribution in [0.25, 0.3) is 0 Å². The second-order valence-corrected chi connectivity index (χ2v) is 7.49. The lowest BCUT2D eigenvalue weighted by atomic mass is 10.0. The monoisotopic (exact) mass is 430 g/mol. The van der Waals surface area contributed by atoms with Crippen LogP contribution in [0.3, 0.4) is 0 Å². The van der Waals surface area contributed by atoms with Gasteiger partial charge >= 0.3 is 18.1 Å². The molecule has 1 aliphatic rings. The first-order valence-corrected chi connectivity index (χ1v) is 9.74. The van der Waals surface area contributed by atoms with Crippen LogP contribution in [0.1, 0.15) is 37.8 Å². The number of halogens is 3. The highest BCUT2D eigenvalue weighted by Gasteiger charge is 2.34. The smallest absolute Gasteiger partial charge is 0.416 e. The second kappa shape index (κ2) is 12.3. The van der Waals surface area contributed by atoms with Crippen LogP contribution >= 0.6 is 0 Å². The summed E-state index contributed by atoms with van der Waals surface area (Å²) in [5.41, 5.74) is -0.131. The van der Waals surface area contributed by atoms with E-state index in [2.05, 4.69) is 24.1 Å². The first kappa shape index (κ1) is 25.6. The van der Waals surface area contributed by atoms with Gasteiger partial charge in [-0.3, -0.25) is 4.90 Å². The van der Waals surface area contributed by atoms with Gasteiger partial charge in [-0.1, -0.05) is 32.0 Å². The molecule has 2 rings (SSSR count). The Morgan fingerprint density at radius 3 is 2.27 bits per heavy atom. The molecule has 1 aliphatic heterocycles. The number of aliphatic carboxylic acids is 2. The number of hydrogen-bond acceptors (Lipinski definition) is 4. The zero-order valence-electron chi connectivity index (χ0n) is 17.2. The number of alkyl halides is 3. The Morgan fingerprint density at radius 1 is 1.20 bits per heavy atom. The Balaban J connectivity index is 0.000000479. The minimum atomic E-state index is -4.29. The summed E-state index contributed by atoms with van der Waals surface area (Å²) in [6.07, 6.45) is -1.04. The van der Waals surface area contributed by atoms with Crippen molar-refractivity contribution >= 4 is 11.9 Å². The highest BCUT2D eigenvalue weighted by atomic mass is 19.4. The topological polar surface area (TPSA) is 89.9 Å². The number of rotatable bonds is 7. The molecule has 1 fully saturated rings. The molecular formula is C21H29F3N2O4. The first-order chi connectivity index (χ1) is 14.0. The van der Waals surface area contributed by atoms with E-state index in [0.717, 1.165) is 32.5 Å². The quantitative estimate of drug-likeness (QED) is 0.573. The van der Waals surface area contributed by atoms with Crippen molar-refractivity contribution in [1.29, 1.82) is 0 Å². The molecule has 0 spiro atoms. The summed E-state index contributed by atoms with van der Waals surface area (Å²) in [7, 11) is 0. The first-order valence-electron chi connectivity index (χ1n) is 9.74. The third-order valence-electron chi connectivity index (χ3n) is 4.45. The summed E-state index contributed by atoms with van der Waals surface area (Å²) in [6, 6.07) is 6.25. The fraction of sp³-hybridized carbons (Fsp3) is 0.524. The SMILES string of the molecule is CC(C)CN(Cc1ccccc1C(F)(F)F)[C@@H]1CCCNC1.O=C(O)/C=C/C(=O)O. The fourth-order valence-electron chi connectivity index (χ4n) is 3.25. The molecule has 3 N–H and O–H groups in total. The van der Waals surface area contributed by atoms with Gasteiger partial charge < -0.3 is 15.5 Å². The van der Waals surface area contributed by atoms with Gasteiger partial charge in [-0.25, -0.2) is 9.59 Å². The van der Waals surface area contributed by atoms with E-state index in [-0.39, 0.29) is 0 Å². The Kier molecular flexibility index (Phi) is 10.5. The maximum absolute atomic E-state index is 13.2. The highest BCUT2D eigenvalue weighted by molar-refractivity contribution is 5.89. The summed E-state index contributed by atoms with van der Waals surface area (Å²) in [5, 5.41) is 19.0. The number of nitrogens with zero attached hydrogens (tertiary/aromatic N) is 1. The molecule has 1 atom stereocenters. The summed E-state index contributed by atoms with van der Waals surface area (Å²) >= 11 is 0. The van der Waals surface area contributed by atoms with E-state index in [0.29, 0.717) is 36.2 Å². The molecule has 0 saturated carbocycles. The van der Waals surface area contributed by atoms with Crippen molar-refractivity contribution in [2.24, 2.45) is 5.92 Å². The molecule has 1 heterocycles. The Morgan fingerprint density at radius 2 is 1.80 bits per heavy atom. The van der Waals surface area contributed by atoms with Crippen LogP contribution in [0.4, 0.5) is 13.2 Å². The van der Waals surface area contributed by atoms with Crippen LogP contribution in [0, 0.1) is 5.92 Å². The van der Waals surface area contributed by atoms with Gasteiger partial charge in [0.15, 0.2) is 0 Å². The predicted molar refractivity (Wildman–Crippen MR) is 107 cm³/mol. The van der Waals surface area contributed by atoms with E-state index >= 15 is 0 Å². The lowest BCUT2D eigenvalue weighted by molar-refractivity contribution is -0.138. The van der Waals surface area contributed by atoms with Gasteiger partial charge in [0, 0.05) is 37.8 Å². The molecule has 0 amide bonds. The number of hydrogen-bond donors (Lipinski definition) is 3. The highest BCUT2D eigenvalue weighted by Crippen LogP contribution is 2.33. The van der Waals surface area contributed by atoms with Crippen LogP contribution in [0.2, 0.25) is 0 Å². The number of carbonyl (C=O) groups is 2. The second-order valence-electron chi connectivity index (χ2n) is 7.49. The van der Waals surface area contributed by atoms with E-state index in [1.165, 1.54) is 12.1 Å². The third kappa shape index (κ3) is 9.89. The van der Waals surface area contributed by atoms with E-state index in [1.54, 1.807) is 12.1 Å². The number of carboxylic acid groups (broad SMARTS) is 2. The van der Waals surface area contributed by atoms with Crippen LogP contribution < -0.4 is 5.32 Å². The van der Waals surface area contributed by atoms with Gasteiger partial charge in [-0.05, 0) is 36.9 Å². The zero-order valence-corrected chi connectivity index (χ0v) is 17.2. The molecule has 1 aromatic carbocycles. The fourth-order valence-corrected chi connectivity index (χ4v) is 3.25. The maximum Gasteiger partial charge on any atom is 0.416 e. The molecule has 0 bridgehead atoms. The van der Waals surface area contributed by atoms with Crippen molar-refractivity contribution in [2.45, 2.75) is 45.5 Å². The minimum absolute atomic E-state index is 0.317. The average Bonchev–Trinajstić information content (AvgIpc) is 2.66. The van der Waals surface area contributed by atoms with Crippen molar-refractivity contribution in [3.8, 4) is 0 Å². The maximum atomic E-state index is 13.2. The number of carboxylic acids is 2. The minimum Gasteiger partial charge on any atom is -0.478 e. The lowest BCUT2D eigenvalue weighted by Gasteiger charge is -2.36.